The van der Waals surface area contributed by atoms with Gasteiger partial charge < -0.3 is 9.31 Å². The van der Waals surface area contributed by atoms with Crippen molar-refractivity contribution in [2.24, 2.45) is 0 Å². The molecule has 0 N–H and O–H groups in total. The van der Waals surface area contributed by atoms with Gasteiger partial charge in [-0.25, -0.2) is 0 Å². The number of benzene rings is 1. The highest BCUT2D eigenvalue weighted by atomic mass is 19.4. The lowest BCUT2D eigenvalue weighted by Gasteiger charge is -2.20. The molecule has 0 atom stereocenters. The zero-order valence-electron chi connectivity index (χ0n) is 8.46. The number of alkyl halides is 3. The Morgan fingerprint density at radius 2 is 1.81 bits per heavy atom. The van der Waals surface area contributed by atoms with Gasteiger partial charge in [-0.15, -0.1) is 0 Å². The third-order valence-electron chi connectivity index (χ3n) is 2.31. The van der Waals surface area contributed by atoms with Crippen LogP contribution in [0.15, 0.2) is 24.3 Å². The van der Waals surface area contributed by atoms with Gasteiger partial charge in [-0.2, -0.15) is 13.2 Å². The Balaban J connectivity index is 2.21. The summed E-state index contributed by atoms with van der Waals surface area (Å²) in [5, 5.41) is 0. The first kappa shape index (κ1) is 11.5. The van der Waals surface area contributed by atoms with Crippen LogP contribution in [0.25, 0.3) is 0 Å². The molecule has 86 valence electrons. The minimum absolute atomic E-state index is 0.412. The molecule has 0 amide bonds. The van der Waals surface area contributed by atoms with Crippen LogP contribution >= 0.6 is 0 Å². The summed E-state index contributed by atoms with van der Waals surface area (Å²) in [6.07, 6.45) is -3.56. The molecule has 1 saturated heterocycles. The molecule has 1 aliphatic heterocycles. The quantitative estimate of drug-likeness (QED) is 0.685. The molecule has 1 fully saturated rings. The second-order valence-corrected chi connectivity index (χ2v) is 3.55. The van der Waals surface area contributed by atoms with Crippen molar-refractivity contribution >= 4 is 12.6 Å². The first-order chi connectivity index (χ1) is 7.57. The van der Waals surface area contributed by atoms with E-state index >= 15 is 0 Å². The van der Waals surface area contributed by atoms with Crippen LogP contribution in [0.4, 0.5) is 13.2 Å². The predicted molar refractivity (Wildman–Crippen MR) is 53.4 cm³/mol. The molecule has 2 nitrogen and oxygen atoms in total. The number of hydrogen-bond donors (Lipinski definition) is 0. The molecule has 0 saturated carbocycles. The molecule has 16 heavy (non-hydrogen) atoms. The summed E-state index contributed by atoms with van der Waals surface area (Å²) in [6.45, 7) is 1.03. The van der Waals surface area contributed by atoms with Crippen molar-refractivity contribution < 1.29 is 22.5 Å². The molecule has 0 unspecified atom stereocenters. The van der Waals surface area contributed by atoms with Gasteiger partial charge in [0.25, 0.3) is 0 Å². The molecule has 0 bridgehead atoms. The zero-order valence-corrected chi connectivity index (χ0v) is 8.46. The third-order valence-corrected chi connectivity index (χ3v) is 2.31. The van der Waals surface area contributed by atoms with Crippen molar-refractivity contribution in [2.45, 2.75) is 12.6 Å². The monoisotopic (exact) mass is 230 g/mol. The normalized spacial score (nSPS) is 17.6. The fourth-order valence-electron chi connectivity index (χ4n) is 1.54. The average Bonchev–Trinajstić information content (AvgIpc) is 2.29. The van der Waals surface area contributed by atoms with Crippen LogP contribution < -0.4 is 5.46 Å². The molecular weight excluding hydrogens is 220 g/mol. The van der Waals surface area contributed by atoms with Crippen molar-refractivity contribution in [2.75, 3.05) is 13.2 Å². The van der Waals surface area contributed by atoms with E-state index in [0.29, 0.717) is 18.7 Å². The standard InChI is InChI=1S/C10H10BF3O2/c12-10(13,14)8-3-1-4-9(7-8)11-15-5-2-6-16-11/h1,3-4,7H,2,5-6H2. The van der Waals surface area contributed by atoms with Gasteiger partial charge in [-0.1, -0.05) is 24.3 Å². The Hall–Kier alpha value is -1.01. The topological polar surface area (TPSA) is 18.5 Å². The second-order valence-electron chi connectivity index (χ2n) is 3.55. The third kappa shape index (κ3) is 2.57. The lowest BCUT2D eigenvalue weighted by Crippen LogP contribution is -2.41. The van der Waals surface area contributed by atoms with Crippen LogP contribution in [0.1, 0.15) is 12.0 Å². The Morgan fingerprint density at radius 1 is 1.12 bits per heavy atom. The maximum atomic E-state index is 12.5. The molecule has 1 heterocycles. The lowest BCUT2D eigenvalue weighted by molar-refractivity contribution is -0.137. The van der Waals surface area contributed by atoms with Crippen LogP contribution in [0, 0.1) is 0 Å². The SMILES string of the molecule is FC(F)(F)c1cccc(B2OCCCO2)c1. The minimum Gasteiger partial charge on any atom is -0.407 e. The fraction of sp³-hybridized carbons (Fsp3) is 0.400. The van der Waals surface area contributed by atoms with Gasteiger partial charge in [0.15, 0.2) is 0 Å². The molecule has 0 spiro atoms. The minimum atomic E-state index is -4.33. The van der Waals surface area contributed by atoms with E-state index in [9.17, 15) is 13.2 Å². The van der Waals surface area contributed by atoms with E-state index < -0.39 is 18.9 Å². The maximum absolute atomic E-state index is 12.5. The van der Waals surface area contributed by atoms with Crippen LogP contribution in [0.2, 0.25) is 0 Å². The van der Waals surface area contributed by atoms with E-state index in [1.54, 1.807) is 6.07 Å². The van der Waals surface area contributed by atoms with Gasteiger partial charge in [0, 0.05) is 13.2 Å². The number of hydrogen-bond acceptors (Lipinski definition) is 2. The molecule has 1 aliphatic rings. The van der Waals surface area contributed by atoms with E-state index in [1.807, 2.05) is 0 Å². The van der Waals surface area contributed by atoms with Crippen molar-refractivity contribution in [1.82, 2.24) is 0 Å². The lowest BCUT2D eigenvalue weighted by atomic mass is 9.77. The van der Waals surface area contributed by atoms with Crippen LogP contribution in [-0.4, -0.2) is 20.3 Å². The van der Waals surface area contributed by atoms with Gasteiger partial charge in [-0.05, 0) is 11.9 Å². The molecule has 1 aromatic carbocycles. The highest BCUT2D eigenvalue weighted by Crippen LogP contribution is 2.28. The number of rotatable bonds is 1. The van der Waals surface area contributed by atoms with Gasteiger partial charge in [0.2, 0.25) is 0 Å². The Kier molecular flexibility index (Phi) is 3.21. The van der Waals surface area contributed by atoms with E-state index in [2.05, 4.69) is 0 Å². The second kappa shape index (κ2) is 4.47. The summed E-state index contributed by atoms with van der Waals surface area (Å²) in [7, 11) is -0.670. The fourth-order valence-corrected chi connectivity index (χ4v) is 1.54. The van der Waals surface area contributed by atoms with Gasteiger partial charge >= 0.3 is 13.3 Å². The van der Waals surface area contributed by atoms with Gasteiger partial charge in [-0.3, -0.25) is 0 Å². The smallest absolute Gasteiger partial charge is 0.407 e. The Morgan fingerprint density at radius 3 is 2.44 bits per heavy atom. The van der Waals surface area contributed by atoms with Crippen molar-refractivity contribution in [3.8, 4) is 0 Å². The zero-order chi connectivity index (χ0) is 11.6. The van der Waals surface area contributed by atoms with E-state index in [1.165, 1.54) is 6.07 Å². The number of halogens is 3. The Labute approximate surface area is 91.5 Å². The molecule has 1 aromatic rings. The molecule has 2 rings (SSSR count). The van der Waals surface area contributed by atoms with Gasteiger partial charge in [0.05, 0.1) is 5.56 Å². The molecule has 6 heteroatoms. The molecule has 0 aromatic heterocycles. The highest BCUT2D eigenvalue weighted by molar-refractivity contribution is 6.61. The average molecular weight is 230 g/mol. The van der Waals surface area contributed by atoms with Crippen LogP contribution in [-0.2, 0) is 15.5 Å². The van der Waals surface area contributed by atoms with E-state index in [-0.39, 0.29) is 0 Å². The van der Waals surface area contributed by atoms with E-state index in [0.717, 1.165) is 18.6 Å². The summed E-state index contributed by atoms with van der Waals surface area (Å²) in [5.74, 6) is 0. The molecule has 0 radical (unpaired) electrons. The predicted octanol–water partition coefficient (Wildman–Crippen LogP) is 1.84. The largest absolute Gasteiger partial charge is 0.493 e. The highest BCUT2D eigenvalue weighted by Gasteiger charge is 2.32. The maximum Gasteiger partial charge on any atom is 0.493 e. The van der Waals surface area contributed by atoms with Gasteiger partial charge in [0.1, 0.15) is 0 Å². The van der Waals surface area contributed by atoms with Crippen LogP contribution in [0.5, 0.6) is 0 Å². The summed E-state index contributed by atoms with van der Waals surface area (Å²) < 4.78 is 47.8. The first-order valence-corrected chi connectivity index (χ1v) is 4.98. The first-order valence-electron chi connectivity index (χ1n) is 4.98. The molecule has 0 aliphatic carbocycles. The van der Waals surface area contributed by atoms with Crippen molar-refractivity contribution in [1.29, 1.82) is 0 Å². The summed E-state index contributed by atoms with van der Waals surface area (Å²) >= 11 is 0. The van der Waals surface area contributed by atoms with Crippen molar-refractivity contribution in [3.05, 3.63) is 29.8 Å². The summed E-state index contributed by atoms with van der Waals surface area (Å²) in [4.78, 5) is 0. The van der Waals surface area contributed by atoms with Crippen molar-refractivity contribution in [3.63, 3.8) is 0 Å². The Bertz CT molecular complexity index is 361. The van der Waals surface area contributed by atoms with Crippen LogP contribution in [0.3, 0.4) is 0 Å². The summed E-state index contributed by atoms with van der Waals surface area (Å²) in [5.41, 5.74) is -0.266. The molecular formula is C10H10BF3O2. The van der Waals surface area contributed by atoms with E-state index in [4.69, 9.17) is 9.31 Å². The summed E-state index contributed by atoms with van der Waals surface area (Å²) in [6, 6.07) is 5.03.